The zero-order valence-corrected chi connectivity index (χ0v) is 17.6. The summed E-state index contributed by atoms with van der Waals surface area (Å²) in [6, 6.07) is 3.55. The van der Waals surface area contributed by atoms with Crippen LogP contribution in [0.4, 0.5) is 0 Å². The third-order valence-electron chi connectivity index (χ3n) is 4.29. The first-order valence-electron chi connectivity index (χ1n) is 9.11. The lowest BCUT2D eigenvalue weighted by Gasteiger charge is -2.13. The molecule has 9 heteroatoms. The summed E-state index contributed by atoms with van der Waals surface area (Å²) in [6.45, 7) is 5.93. The van der Waals surface area contributed by atoms with E-state index in [0.717, 1.165) is 6.54 Å². The number of fused-ring (bicyclic) bond motifs is 1. The molecular formula is C19H29ClN4O4. The fraction of sp³-hybridized carbons (Fsp3) is 0.526. The quantitative estimate of drug-likeness (QED) is 0.617. The van der Waals surface area contributed by atoms with E-state index in [-0.39, 0.29) is 29.9 Å². The number of aromatic nitrogens is 2. The standard InChI is InChI=1S/C19H28N4O4.ClH/c1-5-20-13(2)11-21-18(24)7-6-8-23-12-22-15-10-17(27-4)16(26-3)9-14(15)19(23)25;/h9-10,12-13,20H,5-8,11H2,1-4H3,(H,21,24);1H/t13-;/m1./s1. The van der Waals surface area contributed by atoms with Crippen molar-refractivity contribution in [2.24, 2.45) is 0 Å². The van der Waals surface area contributed by atoms with Crippen molar-refractivity contribution in [3.63, 3.8) is 0 Å². The summed E-state index contributed by atoms with van der Waals surface area (Å²) in [5, 5.41) is 6.59. The molecule has 1 amide bonds. The average molecular weight is 413 g/mol. The zero-order valence-electron chi connectivity index (χ0n) is 16.8. The Balaban J connectivity index is 0.00000392. The molecule has 0 fully saturated rings. The first kappa shape index (κ1) is 23.7. The molecule has 0 bridgehead atoms. The van der Waals surface area contributed by atoms with E-state index in [4.69, 9.17) is 9.47 Å². The Hall–Kier alpha value is -2.32. The van der Waals surface area contributed by atoms with E-state index >= 15 is 0 Å². The summed E-state index contributed by atoms with van der Waals surface area (Å²) in [5.41, 5.74) is 0.381. The van der Waals surface area contributed by atoms with Gasteiger partial charge in [0.05, 0.1) is 31.4 Å². The number of nitrogens with one attached hydrogen (secondary N) is 2. The van der Waals surface area contributed by atoms with Crippen LogP contribution in [0.3, 0.4) is 0 Å². The van der Waals surface area contributed by atoms with Gasteiger partial charge in [-0.05, 0) is 26.0 Å². The van der Waals surface area contributed by atoms with Crippen LogP contribution < -0.4 is 25.7 Å². The number of methoxy groups -OCH3 is 2. The van der Waals surface area contributed by atoms with Crippen molar-refractivity contribution in [3.8, 4) is 11.5 Å². The Bertz CT molecular complexity index is 841. The summed E-state index contributed by atoms with van der Waals surface area (Å²) in [4.78, 5) is 28.9. The molecule has 28 heavy (non-hydrogen) atoms. The number of hydrogen-bond donors (Lipinski definition) is 2. The summed E-state index contributed by atoms with van der Waals surface area (Å²) >= 11 is 0. The fourth-order valence-corrected chi connectivity index (χ4v) is 2.83. The van der Waals surface area contributed by atoms with Crippen LogP contribution >= 0.6 is 12.4 Å². The summed E-state index contributed by atoms with van der Waals surface area (Å²) in [7, 11) is 3.06. The molecule has 1 aromatic carbocycles. The van der Waals surface area contributed by atoms with Crippen LogP contribution in [0.15, 0.2) is 23.3 Å². The van der Waals surface area contributed by atoms with Gasteiger partial charge >= 0.3 is 0 Å². The van der Waals surface area contributed by atoms with Gasteiger partial charge in [-0.15, -0.1) is 12.4 Å². The fourth-order valence-electron chi connectivity index (χ4n) is 2.83. The van der Waals surface area contributed by atoms with Crippen molar-refractivity contribution < 1.29 is 14.3 Å². The van der Waals surface area contributed by atoms with Crippen LogP contribution in [0.1, 0.15) is 26.7 Å². The minimum Gasteiger partial charge on any atom is -0.493 e. The number of amides is 1. The third-order valence-corrected chi connectivity index (χ3v) is 4.29. The lowest BCUT2D eigenvalue weighted by Crippen LogP contribution is -2.38. The van der Waals surface area contributed by atoms with Crippen LogP contribution in [0, 0.1) is 0 Å². The molecule has 2 N–H and O–H groups in total. The number of aryl methyl sites for hydroxylation is 1. The monoisotopic (exact) mass is 412 g/mol. The van der Waals surface area contributed by atoms with E-state index in [1.807, 2.05) is 13.8 Å². The van der Waals surface area contributed by atoms with Gasteiger partial charge in [0.25, 0.3) is 5.56 Å². The van der Waals surface area contributed by atoms with Crippen LogP contribution in [-0.4, -0.2) is 48.8 Å². The molecule has 1 aromatic heterocycles. The molecule has 156 valence electrons. The maximum Gasteiger partial charge on any atom is 0.261 e. The maximum absolute atomic E-state index is 12.7. The van der Waals surface area contributed by atoms with Gasteiger partial charge in [0.15, 0.2) is 11.5 Å². The molecule has 0 radical (unpaired) electrons. The highest BCUT2D eigenvalue weighted by Gasteiger charge is 2.11. The van der Waals surface area contributed by atoms with Crippen molar-refractivity contribution in [3.05, 3.63) is 28.8 Å². The molecule has 0 aliphatic carbocycles. The summed E-state index contributed by atoms with van der Waals surface area (Å²) in [6.07, 6.45) is 2.42. The molecule has 0 spiro atoms. The Kier molecular flexibility index (Phi) is 9.75. The molecule has 0 unspecified atom stereocenters. The largest absolute Gasteiger partial charge is 0.493 e. The molecule has 1 atom stereocenters. The van der Waals surface area contributed by atoms with E-state index < -0.39 is 0 Å². The predicted molar refractivity (Wildman–Crippen MR) is 112 cm³/mol. The maximum atomic E-state index is 12.7. The van der Waals surface area contributed by atoms with Gasteiger partial charge in [-0.3, -0.25) is 14.2 Å². The second-order valence-corrected chi connectivity index (χ2v) is 6.33. The second-order valence-electron chi connectivity index (χ2n) is 6.33. The molecule has 0 saturated carbocycles. The van der Waals surface area contributed by atoms with Crippen molar-refractivity contribution in [2.45, 2.75) is 39.3 Å². The highest BCUT2D eigenvalue weighted by Crippen LogP contribution is 2.29. The van der Waals surface area contributed by atoms with E-state index in [1.54, 1.807) is 12.1 Å². The molecule has 2 rings (SSSR count). The number of carbonyl (C=O) groups is 1. The summed E-state index contributed by atoms with van der Waals surface area (Å²) in [5.74, 6) is 0.988. The van der Waals surface area contributed by atoms with Gasteiger partial charge in [0.2, 0.25) is 5.91 Å². The van der Waals surface area contributed by atoms with Crippen molar-refractivity contribution in [2.75, 3.05) is 27.3 Å². The molecule has 0 aliphatic heterocycles. The predicted octanol–water partition coefficient (Wildman–Crippen LogP) is 1.73. The van der Waals surface area contributed by atoms with Crippen LogP contribution in [0.5, 0.6) is 11.5 Å². The summed E-state index contributed by atoms with van der Waals surface area (Å²) < 4.78 is 12.0. The van der Waals surface area contributed by atoms with Crippen molar-refractivity contribution in [1.82, 2.24) is 20.2 Å². The minimum absolute atomic E-state index is 0. The highest BCUT2D eigenvalue weighted by molar-refractivity contribution is 5.85. The molecule has 0 aliphatic rings. The van der Waals surface area contributed by atoms with E-state index in [0.29, 0.717) is 48.3 Å². The highest BCUT2D eigenvalue weighted by atomic mass is 35.5. The number of nitrogens with zero attached hydrogens (tertiary/aromatic N) is 2. The Labute approximate surface area is 171 Å². The van der Waals surface area contributed by atoms with Gasteiger partial charge in [0.1, 0.15) is 0 Å². The second kappa shape index (κ2) is 11.5. The lowest BCUT2D eigenvalue weighted by atomic mass is 10.2. The normalized spacial score (nSPS) is 11.6. The van der Waals surface area contributed by atoms with Crippen LogP contribution in [0.2, 0.25) is 0 Å². The number of halogens is 1. The lowest BCUT2D eigenvalue weighted by molar-refractivity contribution is -0.121. The number of hydrogen-bond acceptors (Lipinski definition) is 6. The van der Waals surface area contributed by atoms with Crippen LogP contribution in [-0.2, 0) is 11.3 Å². The van der Waals surface area contributed by atoms with E-state index in [9.17, 15) is 9.59 Å². The Morgan fingerprint density at radius 3 is 2.57 bits per heavy atom. The number of ether oxygens (including phenoxy) is 2. The number of carbonyl (C=O) groups excluding carboxylic acids is 1. The van der Waals surface area contributed by atoms with E-state index in [2.05, 4.69) is 15.6 Å². The van der Waals surface area contributed by atoms with Gasteiger partial charge in [-0.25, -0.2) is 4.98 Å². The van der Waals surface area contributed by atoms with Crippen molar-refractivity contribution >= 4 is 29.2 Å². The Morgan fingerprint density at radius 2 is 1.93 bits per heavy atom. The molecule has 2 aromatic rings. The van der Waals surface area contributed by atoms with Gasteiger partial charge < -0.3 is 20.1 Å². The number of rotatable bonds is 10. The zero-order chi connectivity index (χ0) is 19.8. The van der Waals surface area contributed by atoms with Gasteiger partial charge in [-0.2, -0.15) is 0 Å². The first-order chi connectivity index (χ1) is 13.0. The molecular weight excluding hydrogens is 384 g/mol. The van der Waals surface area contributed by atoms with E-state index in [1.165, 1.54) is 25.1 Å². The molecule has 1 heterocycles. The van der Waals surface area contributed by atoms with Gasteiger partial charge in [-0.1, -0.05) is 6.92 Å². The number of benzene rings is 1. The topological polar surface area (TPSA) is 94.5 Å². The Morgan fingerprint density at radius 1 is 1.25 bits per heavy atom. The molecule has 0 saturated heterocycles. The van der Waals surface area contributed by atoms with Gasteiger partial charge in [0, 0.05) is 31.6 Å². The minimum atomic E-state index is -0.165. The SMILES string of the molecule is CCN[C@H](C)CNC(=O)CCCn1cnc2cc(OC)c(OC)cc2c1=O.Cl. The molecule has 8 nitrogen and oxygen atoms in total. The first-order valence-corrected chi connectivity index (χ1v) is 9.11. The van der Waals surface area contributed by atoms with Crippen LogP contribution in [0.25, 0.3) is 10.9 Å². The number of likely N-dealkylation sites (N-methyl/N-ethyl adjacent to an activating group) is 1. The average Bonchev–Trinajstić information content (AvgIpc) is 2.67. The third kappa shape index (κ3) is 6.10. The van der Waals surface area contributed by atoms with Crippen molar-refractivity contribution in [1.29, 1.82) is 0 Å². The smallest absolute Gasteiger partial charge is 0.261 e.